The van der Waals surface area contributed by atoms with Crippen molar-refractivity contribution in [3.63, 3.8) is 0 Å². The molecule has 0 bridgehead atoms. The summed E-state index contributed by atoms with van der Waals surface area (Å²) in [6.07, 6.45) is 2.60. The molecule has 3 unspecified atom stereocenters. The fourth-order valence-corrected chi connectivity index (χ4v) is 3.57. The number of nitrogens with one attached hydrogen (secondary N) is 1. The standard InChI is InChI=1S/C15H26F3NO/c1-14(2)7-6-12(9-14)19-11-4-3-5-13(8-11)20-10-15(16,17)18/h11-13,19H,3-10H2,1-2H3. The van der Waals surface area contributed by atoms with E-state index in [1.54, 1.807) is 0 Å². The SMILES string of the molecule is CC1(C)CCC(NC2CCCC(OCC(F)(F)F)C2)C1. The molecule has 3 atom stereocenters. The van der Waals surface area contributed by atoms with E-state index < -0.39 is 12.8 Å². The van der Waals surface area contributed by atoms with Crippen LogP contribution < -0.4 is 5.32 Å². The van der Waals surface area contributed by atoms with Crippen molar-refractivity contribution in [2.75, 3.05) is 6.61 Å². The lowest BCUT2D eigenvalue weighted by molar-refractivity contribution is -0.188. The summed E-state index contributed by atoms with van der Waals surface area (Å²) >= 11 is 0. The molecule has 0 heterocycles. The third-order valence-corrected chi connectivity index (χ3v) is 4.55. The second-order valence-corrected chi connectivity index (χ2v) is 7.18. The summed E-state index contributed by atoms with van der Waals surface area (Å²) < 4.78 is 41.6. The van der Waals surface area contributed by atoms with Gasteiger partial charge in [-0.05, 0) is 50.4 Å². The molecule has 2 nitrogen and oxygen atoms in total. The van der Waals surface area contributed by atoms with Crippen LogP contribution in [0.4, 0.5) is 13.2 Å². The smallest absolute Gasteiger partial charge is 0.369 e. The monoisotopic (exact) mass is 293 g/mol. The normalized spacial score (nSPS) is 34.4. The van der Waals surface area contributed by atoms with Crippen molar-refractivity contribution >= 4 is 0 Å². The number of rotatable bonds is 4. The van der Waals surface area contributed by atoms with Gasteiger partial charge in [0.2, 0.25) is 0 Å². The van der Waals surface area contributed by atoms with Crippen molar-refractivity contribution in [3.8, 4) is 0 Å². The largest absolute Gasteiger partial charge is 0.411 e. The zero-order valence-electron chi connectivity index (χ0n) is 12.4. The summed E-state index contributed by atoms with van der Waals surface area (Å²) in [7, 11) is 0. The Bertz CT molecular complexity index is 317. The van der Waals surface area contributed by atoms with Gasteiger partial charge in [-0.15, -0.1) is 0 Å². The molecule has 0 aromatic carbocycles. The van der Waals surface area contributed by atoms with Crippen molar-refractivity contribution < 1.29 is 17.9 Å². The van der Waals surface area contributed by atoms with Crippen molar-refractivity contribution in [2.45, 2.75) is 83.2 Å². The maximum Gasteiger partial charge on any atom is 0.411 e. The fraction of sp³-hybridized carbons (Fsp3) is 1.00. The van der Waals surface area contributed by atoms with Gasteiger partial charge in [0.15, 0.2) is 0 Å². The lowest BCUT2D eigenvalue weighted by Crippen LogP contribution is -2.42. The molecule has 0 spiro atoms. The summed E-state index contributed by atoms with van der Waals surface area (Å²) in [6, 6.07) is 0.845. The zero-order chi connectivity index (χ0) is 14.8. The topological polar surface area (TPSA) is 21.3 Å². The van der Waals surface area contributed by atoms with E-state index >= 15 is 0 Å². The van der Waals surface area contributed by atoms with E-state index in [0.29, 0.717) is 23.9 Å². The van der Waals surface area contributed by atoms with Crippen molar-refractivity contribution in [3.05, 3.63) is 0 Å². The zero-order valence-corrected chi connectivity index (χ0v) is 12.4. The average Bonchev–Trinajstić information content (AvgIpc) is 2.66. The number of hydrogen-bond donors (Lipinski definition) is 1. The van der Waals surface area contributed by atoms with Crippen LogP contribution in [0.3, 0.4) is 0 Å². The summed E-state index contributed by atoms with van der Waals surface area (Å²) in [6.45, 7) is 3.45. The van der Waals surface area contributed by atoms with Crippen LogP contribution in [-0.2, 0) is 4.74 Å². The van der Waals surface area contributed by atoms with E-state index in [1.165, 1.54) is 12.8 Å². The van der Waals surface area contributed by atoms with Crippen molar-refractivity contribution in [2.24, 2.45) is 5.41 Å². The Morgan fingerprint density at radius 1 is 1.15 bits per heavy atom. The van der Waals surface area contributed by atoms with Gasteiger partial charge in [-0.3, -0.25) is 0 Å². The minimum Gasteiger partial charge on any atom is -0.369 e. The molecule has 5 heteroatoms. The van der Waals surface area contributed by atoms with E-state index in [4.69, 9.17) is 4.74 Å². The maximum absolute atomic E-state index is 12.2. The molecule has 2 rings (SSSR count). The Morgan fingerprint density at radius 2 is 1.90 bits per heavy atom. The van der Waals surface area contributed by atoms with Crippen LogP contribution in [0.2, 0.25) is 0 Å². The van der Waals surface area contributed by atoms with Crippen LogP contribution in [0, 0.1) is 5.41 Å². The molecule has 20 heavy (non-hydrogen) atoms. The summed E-state index contributed by atoms with van der Waals surface area (Å²) in [5, 5.41) is 3.64. The second kappa shape index (κ2) is 6.22. The predicted molar refractivity (Wildman–Crippen MR) is 72.6 cm³/mol. The van der Waals surface area contributed by atoms with Crippen LogP contribution in [0.25, 0.3) is 0 Å². The van der Waals surface area contributed by atoms with Crippen LogP contribution in [0.15, 0.2) is 0 Å². The Kier molecular flexibility index (Phi) is 5.00. The Labute approximate surface area is 119 Å². The Morgan fingerprint density at radius 3 is 2.50 bits per heavy atom. The molecule has 0 aromatic rings. The first kappa shape index (κ1) is 16.1. The molecule has 0 amide bonds. The van der Waals surface area contributed by atoms with E-state index in [2.05, 4.69) is 19.2 Å². The van der Waals surface area contributed by atoms with E-state index in [-0.39, 0.29) is 6.10 Å². The number of alkyl halides is 3. The van der Waals surface area contributed by atoms with Gasteiger partial charge in [-0.25, -0.2) is 0 Å². The summed E-state index contributed by atoms with van der Waals surface area (Å²) in [4.78, 5) is 0. The van der Waals surface area contributed by atoms with Gasteiger partial charge in [0.25, 0.3) is 0 Å². The van der Waals surface area contributed by atoms with Crippen LogP contribution in [0.1, 0.15) is 58.8 Å². The van der Waals surface area contributed by atoms with Gasteiger partial charge in [-0.2, -0.15) is 13.2 Å². The average molecular weight is 293 g/mol. The highest BCUT2D eigenvalue weighted by atomic mass is 19.4. The van der Waals surface area contributed by atoms with Crippen LogP contribution in [-0.4, -0.2) is 31.0 Å². The minimum absolute atomic E-state index is 0.239. The lowest BCUT2D eigenvalue weighted by Gasteiger charge is -2.32. The molecular weight excluding hydrogens is 267 g/mol. The molecule has 0 aromatic heterocycles. The van der Waals surface area contributed by atoms with Crippen LogP contribution in [0.5, 0.6) is 0 Å². The fourth-order valence-electron chi connectivity index (χ4n) is 3.57. The highest BCUT2D eigenvalue weighted by molar-refractivity contribution is 4.90. The molecule has 2 aliphatic rings. The van der Waals surface area contributed by atoms with E-state index in [1.807, 2.05) is 0 Å². The minimum atomic E-state index is -4.21. The number of halogens is 3. The van der Waals surface area contributed by atoms with Gasteiger partial charge >= 0.3 is 6.18 Å². The Hall–Kier alpha value is -0.290. The highest BCUT2D eigenvalue weighted by Gasteiger charge is 2.34. The molecule has 2 saturated carbocycles. The first-order chi connectivity index (χ1) is 9.23. The molecule has 0 saturated heterocycles. The summed E-state index contributed by atoms with van der Waals surface area (Å²) in [5.41, 5.74) is 0.401. The highest BCUT2D eigenvalue weighted by Crippen LogP contribution is 2.37. The number of ether oxygens (including phenoxy) is 1. The van der Waals surface area contributed by atoms with Gasteiger partial charge in [0.05, 0.1) is 6.10 Å². The van der Waals surface area contributed by atoms with Crippen molar-refractivity contribution in [1.82, 2.24) is 5.32 Å². The Balaban J connectivity index is 1.73. The van der Waals surface area contributed by atoms with Crippen LogP contribution >= 0.6 is 0 Å². The molecule has 1 N–H and O–H groups in total. The molecular formula is C15H26F3NO. The van der Waals surface area contributed by atoms with E-state index in [9.17, 15) is 13.2 Å². The third-order valence-electron chi connectivity index (χ3n) is 4.55. The van der Waals surface area contributed by atoms with Gasteiger partial charge in [0.1, 0.15) is 6.61 Å². The van der Waals surface area contributed by atoms with Crippen molar-refractivity contribution in [1.29, 1.82) is 0 Å². The molecule has 0 aliphatic heterocycles. The second-order valence-electron chi connectivity index (χ2n) is 7.18. The summed E-state index contributed by atoms with van der Waals surface area (Å²) in [5.74, 6) is 0. The van der Waals surface area contributed by atoms with Gasteiger partial charge in [0, 0.05) is 12.1 Å². The molecule has 2 fully saturated rings. The predicted octanol–water partition coefficient (Wildman–Crippen LogP) is 4.04. The first-order valence-electron chi connectivity index (χ1n) is 7.68. The van der Waals surface area contributed by atoms with E-state index in [0.717, 1.165) is 25.7 Å². The quantitative estimate of drug-likeness (QED) is 0.844. The first-order valence-corrected chi connectivity index (χ1v) is 7.68. The van der Waals surface area contributed by atoms with Gasteiger partial charge in [-0.1, -0.05) is 13.8 Å². The lowest BCUT2D eigenvalue weighted by atomic mass is 9.90. The molecule has 2 aliphatic carbocycles. The molecule has 0 radical (unpaired) electrons. The number of hydrogen-bond acceptors (Lipinski definition) is 2. The third kappa shape index (κ3) is 5.24. The van der Waals surface area contributed by atoms with Gasteiger partial charge < -0.3 is 10.1 Å². The maximum atomic E-state index is 12.2. The molecule has 118 valence electrons.